The molecule has 0 saturated carbocycles. The Bertz CT molecular complexity index is 580. The second kappa shape index (κ2) is 6.26. The van der Waals surface area contributed by atoms with Gasteiger partial charge in [-0.3, -0.25) is 4.98 Å². The van der Waals surface area contributed by atoms with Crippen molar-refractivity contribution in [3.8, 4) is 0 Å². The molecule has 2 heterocycles. The van der Waals surface area contributed by atoms with Crippen LogP contribution in [0.5, 0.6) is 0 Å². The second-order valence-corrected chi connectivity index (χ2v) is 5.22. The Balaban J connectivity index is 1.62. The van der Waals surface area contributed by atoms with Crippen LogP contribution < -0.4 is 9.80 Å². The number of aromatic nitrogens is 2. The Morgan fingerprint density at radius 1 is 0.952 bits per heavy atom. The molecule has 1 aliphatic heterocycles. The number of nitrogens with zero attached hydrogens (tertiary/aromatic N) is 4. The van der Waals surface area contributed by atoms with E-state index in [1.54, 1.807) is 12.4 Å². The van der Waals surface area contributed by atoms with Crippen molar-refractivity contribution >= 4 is 23.1 Å². The SMILES string of the molecule is Fc1ccc(N2CCN(c3cnc(CCl)cn3)CC2)cc1. The summed E-state index contributed by atoms with van der Waals surface area (Å²) in [5.41, 5.74) is 1.84. The van der Waals surface area contributed by atoms with Gasteiger partial charge in [0.25, 0.3) is 0 Å². The molecule has 0 N–H and O–H groups in total. The van der Waals surface area contributed by atoms with Gasteiger partial charge in [-0.25, -0.2) is 9.37 Å². The second-order valence-electron chi connectivity index (χ2n) is 4.95. The summed E-state index contributed by atoms with van der Waals surface area (Å²) in [6.45, 7) is 3.49. The highest BCUT2D eigenvalue weighted by molar-refractivity contribution is 6.16. The topological polar surface area (TPSA) is 32.3 Å². The lowest BCUT2D eigenvalue weighted by atomic mass is 10.2. The van der Waals surface area contributed by atoms with E-state index >= 15 is 0 Å². The summed E-state index contributed by atoms with van der Waals surface area (Å²) in [5, 5.41) is 0. The van der Waals surface area contributed by atoms with Gasteiger partial charge in [-0.2, -0.15) is 0 Å². The summed E-state index contributed by atoms with van der Waals surface area (Å²) >= 11 is 5.71. The maximum Gasteiger partial charge on any atom is 0.147 e. The van der Waals surface area contributed by atoms with Crippen LogP contribution in [0.25, 0.3) is 0 Å². The number of piperazine rings is 1. The number of hydrogen-bond acceptors (Lipinski definition) is 4. The zero-order valence-corrected chi connectivity index (χ0v) is 12.3. The molecule has 3 rings (SSSR count). The van der Waals surface area contributed by atoms with E-state index in [-0.39, 0.29) is 5.82 Å². The first-order valence-corrected chi connectivity index (χ1v) is 7.42. The third-order valence-corrected chi connectivity index (χ3v) is 3.90. The molecule has 0 bridgehead atoms. The average molecular weight is 307 g/mol. The monoisotopic (exact) mass is 306 g/mol. The van der Waals surface area contributed by atoms with E-state index in [9.17, 15) is 4.39 Å². The number of anilines is 2. The highest BCUT2D eigenvalue weighted by atomic mass is 35.5. The predicted octanol–water partition coefficient (Wildman–Crippen LogP) is 2.68. The van der Waals surface area contributed by atoms with Crippen LogP contribution in [0.15, 0.2) is 36.7 Å². The van der Waals surface area contributed by atoms with Gasteiger partial charge in [0.1, 0.15) is 11.6 Å². The zero-order chi connectivity index (χ0) is 14.7. The van der Waals surface area contributed by atoms with Gasteiger partial charge < -0.3 is 9.80 Å². The summed E-state index contributed by atoms with van der Waals surface area (Å²) in [5.74, 6) is 1.06. The van der Waals surface area contributed by atoms with Gasteiger partial charge in [0.2, 0.25) is 0 Å². The normalized spacial score (nSPS) is 15.3. The molecule has 0 amide bonds. The number of halogens is 2. The van der Waals surface area contributed by atoms with E-state index in [0.717, 1.165) is 43.4 Å². The highest BCUT2D eigenvalue weighted by Crippen LogP contribution is 2.19. The molecule has 0 aliphatic carbocycles. The fourth-order valence-electron chi connectivity index (χ4n) is 2.43. The van der Waals surface area contributed by atoms with Crippen molar-refractivity contribution in [2.24, 2.45) is 0 Å². The van der Waals surface area contributed by atoms with Gasteiger partial charge in [-0.15, -0.1) is 11.6 Å². The van der Waals surface area contributed by atoms with E-state index in [0.29, 0.717) is 5.88 Å². The first-order chi connectivity index (χ1) is 10.3. The third kappa shape index (κ3) is 3.24. The maximum atomic E-state index is 12.9. The molecule has 1 aromatic heterocycles. The van der Waals surface area contributed by atoms with E-state index in [1.165, 1.54) is 12.1 Å². The van der Waals surface area contributed by atoms with Crippen LogP contribution in [0.4, 0.5) is 15.9 Å². The van der Waals surface area contributed by atoms with Gasteiger partial charge >= 0.3 is 0 Å². The molecule has 0 radical (unpaired) electrons. The Kier molecular flexibility index (Phi) is 4.20. The smallest absolute Gasteiger partial charge is 0.147 e. The molecule has 0 spiro atoms. The molecule has 1 fully saturated rings. The van der Waals surface area contributed by atoms with Crippen LogP contribution in [-0.2, 0) is 5.88 Å². The Labute approximate surface area is 128 Å². The van der Waals surface area contributed by atoms with Crippen LogP contribution in [0.1, 0.15) is 5.69 Å². The molecule has 0 atom stereocenters. The average Bonchev–Trinajstić information content (AvgIpc) is 2.56. The molecule has 21 heavy (non-hydrogen) atoms. The van der Waals surface area contributed by atoms with Gasteiger partial charge in [0.05, 0.1) is 24.0 Å². The first kappa shape index (κ1) is 14.1. The third-order valence-electron chi connectivity index (χ3n) is 3.62. The minimum Gasteiger partial charge on any atom is -0.368 e. The minimum atomic E-state index is -0.202. The highest BCUT2D eigenvalue weighted by Gasteiger charge is 2.18. The lowest BCUT2D eigenvalue weighted by Crippen LogP contribution is -2.46. The molecule has 1 aliphatic rings. The van der Waals surface area contributed by atoms with Gasteiger partial charge in [0, 0.05) is 31.9 Å². The van der Waals surface area contributed by atoms with Crippen LogP contribution in [-0.4, -0.2) is 36.1 Å². The Hall–Kier alpha value is -1.88. The zero-order valence-electron chi connectivity index (χ0n) is 11.5. The summed E-state index contributed by atoms with van der Waals surface area (Å²) in [6.07, 6.45) is 3.49. The Morgan fingerprint density at radius 3 is 2.19 bits per heavy atom. The number of hydrogen-bond donors (Lipinski definition) is 0. The number of rotatable bonds is 3. The maximum absolute atomic E-state index is 12.9. The van der Waals surface area contributed by atoms with Gasteiger partial charge in [-0.05, 0) is 24.3 Å². The predicted molar refractivity (Wildman–Crippen MR) is 82.4 cm³/mol. The van der Waals surface area contributed by atoms with Crippen LogP contribution in [0, 0.1) is 5.82 Å². The molecular weight excluding hydrogens is 291 g/mol. The number of alkyl halides is 1. The van der Waals surface area contributed by atoms with Crippen molar-refractivity contribution in [2.75, 3.05) is 36.0 Å². The molecule has 1 aromatic carbocycles. The summed E-state index contributed by atoms with van der Waals surface area (Å²) < 4.78 is 12.9. The Morgan fingerprint density at radius 2 is 1.62 bits per heavy atom. The minimum absolute atomic E-state index is 0.202. The fourth-order valence-corrected chi connectivity index (χ4v) is 2.56. The van der Waals surface area contributed by atoms with E-state index < -0.39 is 0 Å². The van der Waals surface area contributed by atoms with E-state index in [1.807, 2.05) is 12.1 Å². The number of benzene rings is 1. The lowest BCUT2D eigenvalue weighted by Gasteiger charge is -2.36. The summed E-state index contributed by atoms with van der Waals surface area (Å²) in [6, 6.07) is 6.64. The molecule has 0 unspecified atom stereocenters. The molecule has 2 aromatic rings. The van der Waals surface area contributed by atoms with Crippen molar-refractivity contribution in [1.29, 1.82) is 0 Å². The standard InChI is InChI=1S/C15H16ClFN4/c16-9-13-10-19-15(11-18-13)21-7-5-20(6-8-21)14-3-1-12(17)2-4-14/h1-4,10-11H,5-9H2. The van der Waals surface area contributed by atoms with E-state index in [2.05, 4.69) is 19.8 Å². The molecule has 1 saturated heterocycles. The quantitative estimate of drug-likeness (QED) is 0.816. The lowest BCUT2D eigenvalue weighted by molar-refractivity contribution is 0.624. The van der Waals surface area contributed by atoms with Crippen molar-refractivity contribution in [2.45, 2.75) is 5.88 Å². The van der Waals surface area contributed by atoms with Crippen molar-refractivity contribution < 1.29 is 4.39 Å². The van der Waals surface area contributed by atoms with E-state index in [4.69, 9.17) is 11.6 Å². The summed E-state index contributed by atoms with van der Waals surface area (Å²) in [4.78, 5) is 13.1. The van der Waals surface area contributed by atoms with Gasteiger partial charge in [-0.1, -0.05) is 0 Å². The van der Waals surface area contributed by atoms with Crippen molar-refractivity contribution in [3.05, 3.63) is 48.2 Å². The molecule has 6 heteroatoms. The van der Waals surface area contributed by atoms with Crippen molar-refractivity contribution in [1.82, 2.24) is 9.97 Å². The molecule has 110 valence electrons. The molecular formula is C15H16ClFN4. The fraction of sp³-hybridized carbons (Fsp3) is 0.333. The van der Waals surface area contributed by atoms with Crippen LogP contribution in [0.2, 0.25) is 0 Å². The largest absolute Gasteiger partial charge is 0.368 e. The summed E-state index contributed by atoms with van der Waals surface area (Å²) in [7, 11) is 0. The van der Waals surface area contributed by atoms with Crippen molar-refractivity contribution in [3.63, 3.8) is 0 Å². The van der Waals surface area contributed by atoms with Crippen LogP contribution in [0.3, 0.4) is 0 Å². The first-order valence-electron chi connectivity index (χ1n) is 6.88. The van der Waals surface area contributed by atoms with Gasteiger partial charge in [0.15, 0.2) is 0 Å². The molecule has 4 nitrogen and oxygen atoms in total. The van der Waals surface area contributed by atoms with Crippen LogP contribution >= 0.6 is 11.6 Å².